The molecule has 1 heteroatoms. The highest BCUT2D eigenvalue weighted by Gasteiger charge is 2.36. The molecule has 0 N–H and O–H groups in total. The molecule has 0 saturated carbocycles. The van der Waals surface area contributed by atoms with Gasteiger partial charge in [0.25, 0.3) is 0 Å². The molecule has 0 aliphatic heterocycles. The number of hydrogen-bond donors (Lipinski definition) is 0. The van der Waals surface area contributed by atoms with Crippen LogP contribution in [0.3, 0.4) is 0 Å². The predicted octanol–water partition coefficient (Wildman–Crippen LogP) is 5.89. The van der Waals surface area contributed by atoms with Gasteiger partial charge in [-0.05, 0) is 34.4 Å². The molecule has 2 rings (SSSR count). The lowest BCUT2D eigenvalue weighted by Crippen LogP contribution is -2.14. The molecule has 1 aliphatic carbocycles. The Kier molecular flexibility index (Phi) is 4.75. The van der Waals surface area contributed by atoms with Crippen LogP contribution in [0.4, 0.5) is 0 Å². The van der Waals surface area contributed by atoms with E-state index < -0.39 is 0 Å². The Bertz CT molecular complexity index is 504. The average molecular weight is 305 g/mol. The van der Waals surface area contributed by atoms with E-state index in [9.17, 15) is 0 Å². The standard InChI is InChI=1S/C15H15Br.C2H6/c1-5-6-13-10(2)12-8-7-11(16)9-14(12)15(13,3)4;1-2/h5-9H,1-2H2,3-4H3;1-2H3/b13-6+;. The van der Waals surface area contributed by atoms with Crippen molar-refractivity contribution < 1.29 is 0 Å². The summed E-state index contributed by atoms with van der Waals surface area (Å²) < 4.78 is 1.12. The third-order valence-electron chi connectivity index (χ3n) is 3.26. The summed E-state index contributed by atoms with van der Waals surface area (Å²) in [6.07, 6.45) is 3.90. The topological polar surface area (TPSA) is 0 Å². The van der Waals surface area contributed by atoms with Gasteiger partial charge in [-0.1, -0.05) is 75.0 Å². The van der Waals surface area contributed by atoms with Crippen LogP contribution in [0.1, 0.15) is 38.8 Å². The number of halogens is 1. The maximum absolute atomic E-state index is 4.19. The minimum Gasteiger partial charge on any atom is -0.0991 e. The zero-order valence-corrected chi connectivity index (χ0v) is 13.3. The molecule has 0 fully saturated rings. The minimum absolute atomic E-state index is 0.0182. The van der Waals surface area contributed by atoms with E-state index in [1.807, 2.05) is 19.9 Å². The molecule has 0 aromatic heterocycles. The van der Waals surface area contributed by atoms with E-state index in [2.05, 4.69) is 67.2 Å². The van der Waals surface area contributed by atoms with Crippen LogP contribution in [0, 0.1) is 0 Å². The fourth-order valence-electron chi connectivity index (χ4n) is 2.39. The van der Waals surface area contributed by atoms with E-state index in [1.54, 1.807) is 0 Å². The molecule has 0 spiro atoms. The zero-order valence-electron chi connectivity index (χ0n) is 11.7. The fourth-order valence-corrected chi connectivity index (χ4v) is 2.75. The van der Waals surface area contributed by atoms with Gasteiger partial charge in [-0.25, -0.2) is 0 Å². The number of benzene rings is 1. The number of rotatable bonds is 1. The Labute approximate surface area is 119 Å². The molecule has 0 saturated heterocycles. The first-order valence-corrected chi connectivity index (χ1v) is 7.10. The van der Waals surface area contributed by atoms with Crippen molar-refractivity contribution in [2.45, 2.75) is 33.1 Å². The summed E-state index contributed by atoms with van der Waals surface area (Å²) in [4.78, 5) is 0. The fraction of sp³-hybridized carbons (Fsp3) is 0.294. The third kappa shape index (κ3) is 2.37. The summed E-state index contributed by atoms with van der Waals surface area (Å²) >= 11 is 3.53. The molecule has 0 nitrogen and oxygen atoms in total. The van der Waals surface area contributed by atoms with Crippen LogP contribution in [0.2, 0.25) is 0 Å². The normalized spacial score (nSPS) is 18.1. The van der Waals surface area contributed by atoms with Gasteiger partial charge in [0.05, 0.1) is 0 Å². The van der Waals surface area contributed by atoms with E-state index in [1.165, 1.54) is 16.7 Å². The molecule has 0 heterocycles. The van der Waals surface area contributed by atoms with Crippen LogP contribution >= 0.6 is 15.9 Å². The van der Waals surface area contributed by atoms with E-state index in [0.717, 1.165) is 10.0 Å². The molecular weight excluding hydrogens is 284 g/mol. The van der Waals surface area contributed by atoms with Crippen LogP contribution in [0.5, 0.6) is 0 Å². The molecule has 0 bridgehead atoms. The Morgan fingerprint density at radius 3 is 2.39 bits per heavy atom. The van der Waals surface area contributed by atoms with Crippen LogP contribution in [-0.2, 0) is 5.41 Å². The van der Waals surface area contributed by atoms with Gasteiger partial charge >= 0.3 is 0 Å². The summed E-state index contributed by atoms with van der Waals surface area (Å²) in [6, 6.07) is 6.38. The first-order chi connectivity index (χ1) is 8.48. The average Bonchev–Trinajstić information content (AvgIpc) is 2.54. The Morgan fingerprint density at radius 2 is 1.83 bits per heavy atom. The van der Waals surface area contributed by atoms with Crippen molar-refractivity contribution in [2.75, 3.05) is 0 Å². The number of allylic oxidation sites excluding steroid dienone is 4. The molecule has 0 unspecified atom stereocenters. The van der Waals surface area contributed by atoms with E-state index in [4.69, 9.17) is 0 Å². The number of fused-ring (bicyclic) bond motifs is 1. The van der Waals surface area contributed by atoms with Crippen LogP contribution in [-0.4, -0.2) is 0 Å². The second-order valence-corrected chi connectivity index (χ2v) is 5.53. The lowest BCUT2D eigenvalue weighted by atomic mass is 9.82. The zero-order chi connectivity index (χ0) is 13.9. The summed E-state index contributed by atoms with van der Waals surface area (Å²) in [7, 11) is 0. The second kappa shape index (κ2) is 5.71. The highest BCUT2D eigenvalue weighted by atomic mass is 79.9. The van der Waals surface area contributed by atoms with Crippen LogP contribution < -0.4 is 0 Å². The summed E-state index contributed by atoms with van der Waals surface area (Å²) in [5.74, 6) is 0. The Balaban J connectivity index is 0.000000771. The number of hydrogen-bond acceptors (Lipinski definition) is 0. The van der Waals surface area contributed by atoms with Crippen molar-refractivity contribution in [1.82, 2.24) is 0 Å². The highest BCUT2D eigenvalue weighted by Crippen LogP contribution is 2.49. The lowest BCUT2D eigenvalue weighted by molar-refractivity contribution is 0.660. The first-order valence-electron chi connectivity index (χ1n) is 6.31. The van der Waals surface area contributed by atoms with Crippen molar-refractivity contribution in [3.05, 3.63) is 64.7 Å². The van der Waals surface area contributed by atoms with Gasteiger partial charge < -0.3 is 0 Å². The molecule has 18 heavy (non-hydrogen) atoms. The van der Waals surface area contributed by atoms with E-state index in [-0.39, 0.29) is 5.41 Å². The Morgan fingerprint density at radius 1 is 1.22 bits per heavy atom. The van der Waals surface area contributed by atoms with Gasteiger partial charge in [0.2, 0.25) is 0 Å². The van der Waals surface area contributed by atoms with Crippen molar-refractivity contribution in [1.29, 1.82) is 0 Å². The summed E-state index contributed by atoms with van der Waals surface area (Å²) in [5.41, 5.74) is 4.98. The van der Waals surface area contributed by atoms with Gasteiger partial charge in [0, 0.05) is 9.89 Å². The van der Waals surface area contributed by atoms with Crippen molar-refractivity contribution in [2.24, 2.45) is 0 Å². The summed E-state index contributed by atoms with van der Waals surface area (Å²) in [6.45, 7) is 16.4. The smallest absolute Gasteiger partial charge is 0.0178 e. The third-order valence-corrected chi connectivity index (χ3v) is 3.76. The quantitative estimate of drug-likeness (QED) is 0.606. The van der Waals surface area contributed by atoms with Gasteiger partial charge in [-0.3, -0.25) is 0 Å². The SMILES string of the molecule is C=C/C=C1\C(=C)c2ccc(Br)cc2C1(C)C.CC. The first kappa shape index (κ1) is 15.0. The lowest BCUT2D eigenvalue weighted by Gasteiger charge is -2.21. The molecule has 0 radical (unpaired) electrons. The molecule has 1 aliphatic rings. The predicted molar refractivity (Wildman–Crippen MR) is 85.8 cm³/mol. The van der Waals surface area contributed by atoms with Gasteiger partial charge in [0.15, 0.2) is 0 Å². The largest absolute Gasteiger partial charge is 0.0991 e. The van der Waals surface area contributed by atoms with Gasteiger partial charge in [0.1, 0.15) is 0 Å². The molecule has 96 valence electrons. The molecule has 0 atom stereocenters. The monoisotopic (exact) mass is 304 g/mol. The van der Waals surface area contributed by atoms with Crippen molar-refractivity contribution in [3.63, 3.8) is 0 Å². The molecule has 1 aromatic rings. The van der Waals surface area contributed by atoms with Crippen LogP contribution in [0.25, 0.3) is 5.57 Å². The Hall–Kier alpha value is -1.08. The summed E-state index contributed by atoms with van der Waals surface area (Å²) in [5, 5.41) is 0. The van der Waals surface area contributed by atoms with Gasteiger partial charge in [-0.2, -0.15) is 0 Å². The highest BCUT2D eigenvalue weighted by molar-refractivity contribution is 9.10. The maximum atomic E-state index is 4.19. The second-order valence-electron chi connectivity index (χ2n) is 4.61. The van der Waals surface area contributed by atoms with E-state index >= 15 is 0 Å². The molecule has 0 amide bonds. The van der Waals surface area contributed by atoms with Crippen molar-refractivity contribution in [3.8, 4) is 0 Å². The molecule has 1 aromatic carbocycles. The van der Waals surface area contributed by atoms with Crippen molar-refractivity contribution >= 4 is 21.5 Å². The van der Waals surface area contributed by atoms with E-state index in [0.29, 0.717) is 0 Å². The minimum atomic E-state index is 0.0182. The van der Waals surface area contributed by atoms with Gasteiger partial charge in [-0.15, -0.1) is 0 Å². The maximum Gasteiger partial charge on any atom is 0.0178 e. The van der Waals surface area contributed by atoms with Crippen LogP contribution in [0.15, 0.2) is 53.6 Å². The molecular formula is C17H21Br.